The molecule has 37 heavy (non-hydrogen) atoms. The zero-order valence-electron chi connectivity index (χ0n) is 21.7. The molecule has 1 N–H and O–H groups in total. The lowest BCUT2D eigenvalue weighted by molar-refractivity contribution is -0.137. The molecule has 200 valence electrons. The Morgan fingerprint density at radius 1 is 1.24 bits per heavy atom. The summed E-state index contributed by atoms with van der Waals surface area (Å²) in [5, 5.41) is 3.54. The first-order valence-electron chi connectivity index (χ1n) is 12.6. The third-order valence-electron chi connectivity index (χ3n) is 6.40. The zero-order chi connectivity index (χ0) is 26.7. The number of rotatable bonds is 6. The normalized spacial score (nSPS) is 18.6. The Kier molecular flexibility index (Phi) is 7.87. The number of esters is 1. The van der Waals surface area contributed by atoms with Crippen LogP contribution in [0, 0.1) is 5.82 Å². The van der Waals surface area contributed by atoms with Crippen LogP contribution < -0.4 is 15.6 Å². The average Bonchev–Trinajstić information content (AvgIpc) is 2.82. The van der Waals surface area contributed by atoms with Crippen LogP contribution in [0.3, 0.4) is 0 Å². The highest BCUT2D eigenvalue weighted by atomic mass is 19.1. The van der Waals surface area contributed by atoms with Gasteiger partial charge in [0.25, 0.3) is 5.56 Å². The molecule has 2 aromatic rings. The molecular weight excluding hydrogens is 481 g/mol. The van der Waals surface area contributed by atoms with Gasteiger partial charge in [0.1, 0.15) is 12.2 Å². The second-order valence-electron chi connectivity index (χ2n) is 10.4. The molecule has 2 aliphatic heterocycles. The Hall–Kier alpha value is -3.40. The van der Waals surface area contributed by atoms with Gasteiger partial charge in [0.2, 0.25) is 0 Å². The number of carbonyl (C=O) groups excluding carboxylic acids is 2. The highest BCUT2D eigenvalue weighted by molar-refractivity contribution is 5.96. The largest absolute Gasteiger partial charge is 0.486 e. The number of nitrogens with zero attached hydrogens (tertiary/aromatic N) is 2. The van der Waals surface area contributed by atoms with Crippen molar-refractivity contribution in [3.05, 3.63) is 46.0 Å². The summed E-state index contributed by atoms with van der Waals surface area (Å²) < 4.78 is 32.7. The van der Waals surface area contributed by atoms with Crippen molar-refractivity contribution in [1.82, 2.24) is 14.8 Å². The number of ether oxygens (including phenoxy) is 3. The average molecular weight is 516 g/mol. The summed E-state index contributed by atoms with van der Waals surface area (Å²) in [7, 11) is 0. The van der Waals surface area contributed by atoms with E-state index in [0.717, 1.165) is 25.9 Å². The molecule has 1 atom stereocenters. The molecular formula is C27H34FN3O6. The van der Waals surface area contributed by atoms with Gasteiger partial charge in [-0.1, -0.05) is 0 Å². The van der Waals surface area contributed by atoms with Crippen molar-refractivity contribution in [3.8, 4) is 5.75 Å². The van der Waals surface area contributed by atoms with E-state index in [4.69, 9.17) is 14.2 Å². The zero-order valence-corrected chi connectivity index (χ0v) is 21.7. The Morgan fingerprint density at radius 3 is 2.65 bits per heavy atom. The first kappa shape index (κ1) is 26.7. The van der Waals surface area contributed by atoms with Gasteiger partial charge < -0.3 is 24.4 Å². The van der Waals surface area contributed by atoms with Crippen LogP contribution in [0.2, 0.25) is 0 Å². The second kappa shape index (κ2) is 10.9. The number of aromatic nitrogens is 1. The van der Waals surface area contributed by atoms with Gasteiger partial charge in [0, 0.05) is 43.2 Å². The molecule has 3 heterocycles. The van der Waals surface area contributed by atoms with Gasteiger partial charge in [-0.25, -0.2) is 14.0 Å². The fourth-order valence-corrected chi connectivity index (χ4v) is 4.82. The molecule has 0 radical (unpaired) electrons. The molecule has 2 aliphatic rings. The Morgan fingerprint density at radius 2 is 1.97 bits per heavy atom. The van der Waals surface area contributed by atoms with E-state index < -0.39 is 23.5 Å². The number of carbonyl (C=O) groups is 2. The number of piperidine rings is 1. The first-order valence-corrected chi connectivity index (χ1v) is 12.6. The van der Waals surface area contributed by atoms with Crippen LogP contribution in [0.25, 0.3) is 17.0 Å². The molecule has 10 heteroatoms. The van der Waals surface area contributed by atoms with Crippen LogP contribution in [0.1, 0.15) is 52.1 Å². The van der Waals surface area contributed by atoms with Crippen LogP contribution in [0.5, 0.6) is 5.75 Å². The minimum Gasteiger partial charge on any atom is -0.486 e. The van der Waals surface area contributed by atoms with Crippen LogP contribution in [-0.2, 0) is 14.3 Å². The highest BCUT2D eigenvalue weighted by Crippen LogP contribution is 2.36. The van der Waals surface area contributed by atoms with E-state index in [-0.39, 0.29) is 36.6 Å². The molecule has 1 fully saturated rings. The molecule has 0 bridgehead atoms. The summed E-state index contributed by atoms with van der Waals surface area (Å²) in [6, 6.07) is 4.08. The fraction of sp³-hybridized carbons (Fsp3) is 0.519. The van der Waals surface area contributed by atoms with E-state index in [1.165, 1.54) is 24.3 Å². The Labute approximate surface area is 215 Å². The van der Waals surface area contributed by atoms with Crippen molar-refractivity contribution in [3.63, 3.8) is 0 Å². The minimum absolute atomic E-state index is 0.0171. The SMILES string of the molecule is CCOC(=O)/C=C/c1cc(F)c2c3c1ccc(=O)n3[C@H](CN1CCC(NC(=O)OC(C)(C)C)CC1)CO2. The molecule has 4 rings (SSSR count). The number of pyridine rings is 1. The predicted molar refractivity (Wildman–Crippen MR) is 137 cm³/mol. The van der Waals surface area contributed by atoms with E-state index in [2.05, 4.69) is 10.2 Å². The van der Waals surface area contributed by atoms with E-state index in [1.54, 1.807) is 17.6 Å². The van der Waals surface area contributed by atoms with E-state index >= 15 is 0 Å². The molecule has 0 saturated carbocycles. The minimum atomic E-state index is -0.595. The number of nitrogens with one attached hydrogen (secondary N) is 1. The van der Waals surface area contributed by atoms with Crippen molar-refractivity contribution in [2.45, 2.75) is 58.2 Å². The number of likely N-dealkylation sites (tertiary alicyclic amines) is 1. The molecule has 1 aromatic carbocycles. The van der Waals surface area contributed by atoms with Crippen molar-refractivity contribution < 1.29 is 28.2 Å². The summed E-state index contributed by atoms with van der Waals surface area (Å²) in [6.45, 7) is 9.59. The molecule has 1 aromatic heterocycles. The lowest BCUT2D eigenvalue weighted by Crippen LogP contribution is -2.48. The van der Waals surface area contributed by atoms with Gasteiger partial charge >= 0.3 is 12.1 Å². The molecule has 0 spiro atoms. The molecule has 0 aliphatic carbocycles. The Bertz CT molecular complexity index is 1260. The topological polar surface area (TPSA) is 99.1 Å². The predicted octanol–water partition coefficient (Wildman–Crippen LogP) is 3.64. The standard InChI is InChI=1S/C27H34FN3O6/c1-5-35-23(33)9-6-17-14-21(28)25-24-20(17)7-8-22(32)31(24)19(16-36-25)15-30-12-10-18(11-13-30)29-26(34)37-27(2,3)4/h6-9,14,18-19H,5,10-13,15-16H2,1-4H3,(H,29,34)/b9-6+/t19-/m1/s1. The van der Waals surface area contributed by atoms with E-state index in [0.29, 0.717) is 23.0 Å². The van der Waals surface area contributed by atoms with E-state index in [1.807, 2.05) is 20.8 Å². The van der Waals surface area contributed by atoms with Crippen LogP contribution in [0.15, 0.2) is 29.1 Å². The molecule has 9 nitrogen and oxygen atoms in total. The maximum absolute atomic E-state index is 15.0. The van der Waals surface area contributed by atoms with Crippen molar-refractivity contribution in [2.24, 2.45) is 0 Å². The van der Waals surface area contributed by atoms with Crippen molar-refractivity contribution in [2.75, 3.05) is 32.8 Å². The number of hydrogen-bond donors (Lipinski definition) is 1. The second-order valence-corrected chi connectivity index (χ2v) is 10.4. The fourth-order valence-electron chi connectivity index (χ4n) is 4.82. The number of hydrogen-bond acceptors (Lipinski definition) is 7. The monoisotopic (exact) mass is 515 g/mol. The van der Waals surface area contributed by atoms with Crippen molar-refractivity contribution in [1.29, 1.82) is 0 Å². The van der Waals surface area contributed by atoms with Crippen LogP contribution >= 0.6 is 0 Å². The van der Waals surface area contributed by atoms with Crippen LogP contribution in [0.4, 0.5) is 9.18 Å². The van der Waals surface area contributed by atoms with E-state index in [9.17, 15) is 18.8 Å². The summed E-state index contributed by atoms with van der Waals surface area (Å²) in [6.07, 6.45) is 3.81. The lowest BCUT2D eigenvalue weighted by atomic mass is 10.0. The Balaban J connectivity index is 1.51. The third-order valence-corrected chi connectivity index (χ3v) is 6.40. The molecule has 1 amide bonds. The molecule has 0 unspecified atom stereocenters. The third kappa shape index (κ3) is 6.30. The van der Waals surface area contributed by atoms with Gasteiger partial charge in [-0.05, 0) is 64.3 Å². The number of benzene rings is 1. The first-order chi connectivity index (χ1) is 17.6. The van der Waals surface area contributed by atoms with Gasteiger partial charge in [-0.2, -0.15) is 0 Å². The summed E-state index contributed by atoms with van der Waals surface area (Å²) >= 11 is 0. The maximum Gasteiger partial charge on any atom is 0.407 e. The lowest BCUT2D eigenvalue weighted by Gasteiger charge is -2.36. The summed E-state index contributed by atoms with van der Waals surface area (Å²) in [4.78, 5) is 39.1. The maximum atomic E-state index is 15.0. The van der Waals surface area contributed by atoms with Gasteiger partial charge in [-0.15, -0.1) is 0 Å². The number of alkyl carbamates (subject to hydrolysis) is 1. The number of halogens is 1. The van der Waals surface area contributed by atoms with Crippen LogP contribution in [-0.4, -0.2) is 66.0 Å². The summed E-state index contributed by atoms with van der Waals surface area (Å²) in [5.74, 6) is -1.08. The summed E-state index contributed by atoms with van der Waals surface area (Å²) in [5.41, 5.74) is 0.0455. The smallest absolute Gasteiger partial charge is 0.407 e. The van der Waals surface area contributed by atoms with Gasteiger partial charge in [0.15, 0.2) is 11.6 Å². The van der Waals surface area contributed by atoms with Crippen molar-refractivity contribution >= 4 is 29.0 Å². The molecule has 1 saturated heterocycles. The highest BCUT2D eigenvalue weighted by Gasteiger charge is 2.30. The van der Waals surface area contributed by atoms with Gasteiger partial charge in [0.05, 0.1) is 18.2 Å². The quantitative estimate of drug-likeness (QED) is 0.463. The number of amides is 1. The van der Waals surface area contributed by atoms with Gasteiger partial charge in [-0.3, -0.25) is 9.36 Å².